The summed E-state index contributed by atoms with van der Waals surface area (Å²) in [6, 6.07) is -0.449. The van der Waals surface area contributed by atoms with Gasteiger partial charge in [0.15, 0.2) is 11.9 Å². The smallest absolute Gasteiger partial charge is 0.411 e. The second-order valence-corrected chi connectivity index (χ2v) is 6.69. The summed E-state index contributed by atoms with van der Waals surface area (Å²) in [5, 5.41) is 3.99. The molecular formula is C15H23N3O6. The number of ether oxygens (including phenoxy) is 4. The van der Waals surface area contributed by atoms with Crippen LogP contribution in [0.1, 0.15) is 44.6 Å². The Morgan fingerprint density at radius 1 is 1.21 bits per heavy atom. The maximum Gasteiger partial charge on any atom is 0.411 e. The minimum Gasteiger partial charge on any atom is -0.444 e. The maximum absolute atomic E-state index is 12.4. The number of morpholine rings is 1. The second kappa shape index (κ2) is 7.04. The van der Waals surface area contributed by atoms with Gasteiger partial charge >= 0.3 is 6.09 Å². The SMILES string of the molecule is CC(C)(C)OC(=O)N1CCOC[C@H]1c1noc([C@@H]2COCCO2)n1. The Labute approximate surface area is 140 Å². The fourth-order valence-corrected chi connectivity index (χ4v) is 2.50. The molecule has 0 N–H and O–H groups in total. The lowest BCUT2D eigenvalue weighted by Gasteiger charge is -2.34. The number of amides is 1. The van der Waals surface area contributed by atoms with Gasteiger partial charge in [-0.3, -0.25) is 4.90 Å². The number of nitrogens with zero attached hydrogens (tertiary/aromatic N) is 3. The van der Waals surface area contributed by atoms with Crippen LogP contribution in [0.2, 0.25) is 0 Å². The molecule has 0 bridgehead atoms. The molecule has 0 aromatic carbocycles. The Morgan fingerprint density at radius 3 is 2.71 bits per heavy atom. The van der Waals surface area contributed by atoms with Crippen LogP contribution in [0.3, 0.4) is 0 Å². The van der Waals surface area contributed by atoms with E-state index in [1.165, 1.54) is 0 Å². The predicted molar refractivity (Wildman–Crippen MR) is 80.3 cm³/mol. The van der Waals surface area contributed by atoms with E-state index in [9.17, 15) is 4.79 Å². The summed E-state index contributed by atoms with van der Waals surface area (Å²) in [7, 11) is 0. The highest BCUT2D eigenvalue weighted by atomic mass is 16.6. The molecule has 1 amide bonds. The van der Waals surface area contributed by atoms with E-state index in [1.54, 1.807) is 4.90 Å². The van der Waals surface area contributed by atoms with Gasteiger partial charge in [0.1, 0.15) is 11.6 Å². The van der Waals surface area contributed by atoms with E-state index in [4.69, 9.17) is 23.5 Å². The zero-order chi connectivity index (χ0) is 17.2. The summed E-state index contributed by atoms with van der Waals surface area (Å²) in [4.78, 5) is 18.4. The van der Waals surface area contributed by atoms with Gasteiger partial charge in [0.05, 0.1) is 33.0 Å². The number of rotatable bonds is 2. The van der Waals surface area contributed by atoms with Gasteiger partial charge in [0.2, 0.25) is 0 Å². The fraction of sp³-hybridized carbons (Fsp3) is 0.800. The van der Waals surface area contributed by atoms with Crippen LogP contribution in [0.5, 0.6) is 0 Å². The zero-order valence-electron chi connectivity index (χ0n) is 14.2. The predicted octanol–water partition coefficient (Wildman–Crippen LogP) is 1.47. The van der Waals surface area contributed by atoms with E-state index in [1.807, 2.05) is 20.8 Å². The molecule has 9 nitrogen and oxygen atoms in total. The molecule has 0 unspecified atom stereocenters. The van der Waals surface area contributed by atoms with E-state index in [0.717, 1.165) is 0 Å². The highest BCUT2D eigenvalue weighted by Gasteiger charge is 2.36. The molecule has 24 heavy (non-hydrogen) atoms. The lowest BCUT2D eigenvalue weighted by molar-refractivity contribution is -0.101. The molecule has 3 rings (SSSR count). The van der Waals surface area contributed by atoms with Crippen molar-refractivity contribution in [3.8, 4) is 0 Å². The Bertz CT molecular complexity index is 564. The average Bonchev–Trinajstić information content (AvgIpc) is 3.04. The quantitative estimate of drug-likeness (QED) is 0.798. The number of carbonyl (C=O) groups excluding carboxylic acids is 1. The largest absolute Gasteiger partial charge is 0.444 e. The summed E-state index contributed by atoms with van der Waals surface area (Å²) in [5.74, 6) is 0.726. The van der Waals surface area contributed by atoms with E-state index < -0.39 is 17.7 Å². The first kappa shape index (κ1) is 17.1. The lowest BCUT2D eigenvalue weighted by Crippen LogP contribution is -2.46. The molecule has 134 valence electrons. The third kappa shape index (κ3) is 4.03. The van der Waals surface area contributed by atoms with Crippen LogP contribution in [-0.4, -0.2) is 66.3 Å². The van der Waals surface area contributed by atoms with Crippen LogP contribution in [0, 0.1) is 0 Å². The molecule has 2 aliphatic rings. The third-order valence-corrected chi connectivity index (χ3v) is 3.60. The fourth-order valence-electron chi connectivity index (χ4n) is 2.50. The van der Waals surface area contributed by atoms with Crippen molar-refractivity contribution in [1.29, 1.82) is 0 Å². The molecule has 2 fully saturated rings. The van der Waals surface area contributed by atoms with Crippen molar-refractivity contribution >= 4 is 6.09 Å². The first-order valence-corrected chi connectivity index (χ1v) is 8.04. The van der Waals surface area contributed by atoms with Crippen molar-refractivity contribution in [2.75, 3.05) is 39.6 Å². The lowest BCUT2D eigenvalue weighted by atomic mass is 10.2. The molecular weight excluding hydrogens is 318 g/mol. The first-order valence-electron chi connectivity index (χ1n) is 8.04. The van der Waals surface area contributed by atoms with Crippen LogP contribution in [0.15, 0.2) is 4.52 Å². The number of aromatic nitrogens is 2. The molecule has 2 saturated heterocycles. The van der Waals surface area contributed by atoms with Crippen LogP contribution in [0.25, 0.3) is 0 Å². The third-order valence-electron chi connectivity index (χ3n) is 3.60. The monoisotopic (exact) mass is 341 g/mol. The van der Waals surface area contributed by atoms with Gasteiger partial charge in [-0.2, -0.15) is 4.98 Å². The van der Waals surface area contributed by atoms with Gasteiger partial charge in [-0.25, -0.2) is 4.79 Å². The molecule has 0 aliphatic carbocycles. The summed E-state index contributed by atoms with van der Waals surface area (Å²) in [6.45, 7) is 8.04. The van der Waals surface area contributed by atoms with Gasteiger partial charge in [0, 0.05) is 6.54 Å². The molecule has 9 heteroatoms. The summed E-state index contributed by atoms with van der Waals surface area (Å²) < 4.78 is 27.1. The number of hydrogen-bond acceptors (Lipinski definition) is 8. The van der Waals surface area contributed by atoms with Crippen LogP contribution in [0.4, 0.5) is 4.79 Å². The van der Waals surface area contributed by atoms with Crippen molar-refractivity contribution in [3.05, 3.63) is 11.7 Å². The van der Waals surface area contributed by atoms with Gasteiger partial charge in [-0.15, -0.1) is 0 Å². The van der Waals surface area contributed by atoms with Crippen molar-refractivity contribution in [2.24, 2.45) is 0 Å². The van der Waals surface area contributed by atoms with E-state index in [-0.39, 0.29) is 6.10 Å². The molecule has 1 aromatic rings. The Hall–Kier alpha value is -1.71. The van der Waals surface area contributed by atoms with Crippen LogP contribution >= 0.6 is 0 Å². The Kier molecular flexibility index (Phi) is 5.02. The van der Waals surface area contributed by atoms with Gasteiger partial charge < -0.3 is 23.5 Å². The number of hydrogen-bond donors (Lipinski definition) is 0. The summed E-state index contributed by atoms with van der Waals surface area (Å²) in [6.07, 6.45) is -0.793. The minimum atomic E-state index is -0.574. The van der Waals surface area contributed by atoms with Gasteiger partial charge in [-0.1, -0.05) is 5.16 Å². The zero-order valence-corrected chi connectivity index (χ0v) is 14.2. The topological polar surface area (TPSA) is 96.2 Å². The standard InChI is InChI=1S/C15H23N3O6/c1-15(2,3)23-14(19)18-4-5-20-8-10(18)12-16-13(24-17-12)11-9-21-6-7-22-11/h10-11H,4-9H2,1-3H3/t10-,11-/m0/s1. The highest BCUT2D eigenvalue weighted by molar-refractivity contribution is 5.68. The Morgan fingerprint density at radius 2 is 2.00 bits per heavy atom. The highest BCUT2D eigenvalue weighted by Crippen LogP contribution is 2.26. The Balaban J connectivity index is 1.73. The second-order valence-electron chi connectivity index (χ2n) is 6.69. The van der Waals surface area contributed by atoms with Crippen molar-refractivity contribution < 1.29 is 28.3 Å². The van der Waals surface area contributed by atoms with Gasteiger partial charge in [-0.05, 0) is 20.8 Å². The average molecular weight is 341 g/mol. The van der Waals surface area contributed by atoms with Crippen LogP contribution in [-0.2, 0) is 18.9 Å². The minimum absolute atomic E-state index is 0.292. The number of carbonyl (C=O) groups is 1. The normalized spacial score (nSPS) is 25.5. The van der Waals surface area contributed by atoms with E-state index in [0.29, 0.717) is 51.3 Å². The van der Waals surface area contributed by atoms with Crippen molar-refractivity contribution in [1.82, 2.24) is 15.0 Å². The van der Waals surface area contributed by atoms with Crippen molar-refractivity contribution in [3.63, 3.8) is 0 Å². The van der Waals surface area contributed by atoms with Crippen molar-refractivity contribution in [2.45, 2.75) is 38.5 Å². The molecule has 2 aliphatic heterocycles. The maximum atomic E-state index is 12.4. The molecule has 0 radical (unpaired) electrons. The summed E-state index contributed by atoms with van der Waals surface area (Å²) in [5.41, 5.74) is -0.574. The van der Waals surface area contributed by atoms with E-state index >= 15 is 0 Å². The molecule has 0 spiro atoms. The van der Waals surface area contributed by atoms with E-state index in [2.05, 4.69) is 10.1 Å². The molecule has 3 heterocycles. The summed E-state index contributed by atoms with van der Waals surface area (Å²) >= 11 is 0. The van der Waals surface area contributed by atoms with Gasteiger partial charge in [0.25, 0.3) is 5.89 Å². The first-order chi connectivity index (χ1) is 11.4. The molecule has 0 saturated carbocycles. The molecule has 1 aromatic heterocycles. The van der Waals surface area contributed by atoms with Crippen LogP contribution < -0.4 is 0 Å². The molecule has 2 atom stereocenters.